The molecule has 2 aliphatic rings. The molecular formula is C17H21N3O2S. The van der Waals surface area contributed by atoms with Crippen molar-refractivity contribution in [2.24, 2.45) is 4.99 Å². The number of para-hydroxylation sites is 2. The number of nitrogens with one attached hydrogen (secondary N) is 1. The second-order valence-electron chi connectivity index (χ2n) is 5.45. The molecule has 1 aromatic carbocycles. The van der Waals surface area contributed by atoms with E-state index in [0.29, 0.717) is 11.4 Å². The van der Waals surface area contributed by atoms with Crippen molar-refractivity contribution in [3.8, 4) is 5.75 Å². The van der Waals surface area contributed by atoms with Crippen LogP contribution in [-0.2, 0) is 4.79 Å². The van der Waals surface area contributed by atoms with Gasteiger partial charge < -0.3 is 15.0 Å². The third-order valence-corrected chi connectivity index (χ3v) is 5.00. The van der Waals surface area contributed by atoms with E-state index in [1.54, 1.807) is 7.11 Å². The molecule has 6 heteroatoms. The Hall–Kier alpha value is -1.95. The molecule has 0 bridgehead atoms. The van der Waals surface area contributed by atoms with Gasteiger partial charge in [0.05, 0.1) is 17.7 Å². The molecule has 0 radical (unpaired) electrons. The summed E-state index contributed by atoms with van der Waals surface area (Å²) in [7, 11) is 1.60. The molecule has 2 heterocycles. The summed E-state index contributed by atoms with van der Waals surface area (Å²) >= 11 is 1.49. The van der Waals surface area contributed by atoms with E-state index >= 15 is 0 Å². The summed E-state index contributed by atoms with van der Waals surface area (Å²) in [4.78, 5) is 20.3. The van der Waals surface area contributed by atoms with Gasteiger partial charge in [-0.2, -0.15) is 0 Å². The minimum absolute atomic E-state index is 0.0833. The maximum atomic E-state index is 12.8. The summed E-state index contributed by atoms with van der Waals surface area (Å²) < 4.78 is 5.31. The van der Waals surface area contributed by atoms with Gasteiger partial charge in [-0.15, -0.1) is 0 Å². The van der Waals surface area contributed by atoms with Gasteiger partial charge in [0.15, 0.2) is 5.17 Å². The number of hydrogen-bond acceptors (Lipinski definition) is 5. The number of aliphatic imine (C=N–C) groups is 1. The van der Waals surface area contributed by atoms with Crippen molar-refractivity contribution in [2.75, 3.05) is 25.5 Å². The molecule has 0 fully saturated rings. The van der Waals surface area contributed by atoms with Crippen molar-refractivity contribution in [3.63, 3.8) is 0 Å². The fourth-order valence-corrected chi connectivity index (χ4v) is 3.91. The smallest absolute Gasteiger partial charge is 0.264 e. The Morgan fingerprint density at radius 2 is 2.26 bits per heavy atom. The average molecular weight is 331 g/mol. The van der Waals surface area contributed by atoms with Crippen molar-refractivity contribution in [1.29, 1.82) is 0 Å². The number of amidine groups is 1. The maximum absolute atomic E-state index is 12.8. The van der Waals surface area contributed by atoms with E-state index in [1.807, 2.05) is 24.3 Å². The normalized spacial score (nSPS) is 17.0. The van der Waals surface area contributed by atoms with Crippen LogP contribution in [0.15, 0.2) is 39.9 Å². The van der Waals surface area contributed by atoms with Gasteiger partial charge in [0, 0.05) is 18.8 Å². The Morgan fingerprint density at radius 1 is 1.43 bits per heavy atom. The van der Waals surface area contributed by atoms with E-state index in [-0.39, 0.29) is 5.91 Å². The van der Waals surface area contributed by atoms with E-state index in [0.717, 1.165) is 48.1 Å². The molecule has 2 aliphatic heterocycles. The largest absolute Gasteiger partial charge is 0.495 e. The molecule has 5 nitrogen and oxygen atoms in total. The van der Waals surface area contributed by atoms with E-state index in [1.165, 1.54) is 11.8 Å². The first-order chi connectivity index (χ1) is 11.2. The highest BCUT2D eigenvalue weighted by Gasteiger charge is 2.33. The number of fused-ring (bicyclic) bond motifs is 1. The van der Waals surface area contributed by atoms with Crippen molar-refractivity contribution >= 4 is 28.5 Å². The molecule has 1 N–H and O–H groups in total. The molecular weight excluding hydrogens is 310 g/mol. The SMILES string of the molecule is CCCC1=C(C(=O)Nc2ccccc2OC)SC2=NCCCN21. The zero-order valence-corrected chi connectivity index (χ0v) is 14.3. The fraction of sp³-hybridized carbons (Fsp3) is 0.412. The molecule has 0 saturated heterocycles. The summed E-state index contributed by atoms with van der Waals surface area (Å²) in [6.07, 6.45) is 2.94. The van der Waals surface area contributed by atoms with Crippen LogP contribution in [0.1, 0.15) is 26.2 Å². The number of anilines is 1. The number of amides is 1. The quantitative estimate of drug-likeness (QED) is 0.898. The standard InChI is InChI=1S/C17H21N3O2S/c1-3-7-13-15(23-17-18-10-6-11-20(13)17)16(21)19-12-8-4-5-9-14(12)22-2/h4-5,8-9H,3,6-7,10-11H2,1-2H3,(H,19,21). The highest BCUT2D eigenvalue weighted by atomic mass is 32.2. The van der Waals surface area contributed by atoms with Gasteiger partial charge in [-0.3, -0.25) is 9.79 Å². The van der Waals surface area contributed by atoms with E-state index in [4.69, 9.17) is 4.74 Å². The van der Waals surface area contributed by atoms with Crippen molar-refractivity contribution in [1.82, 2.24) is 4.90 Å². The number of carbonyl (C=O) groups excluding carboxylic acids is 1. The van der Waals surface area contributed by atoms with Crippen LogP contribution in [-0.4, -0.2) is 36.2 Å². The minimum atomic E-state index is -0.0833. The number of hydrogen-bond donors (Lipinski definition) is 1. The average Bonchev–Trinajstić information content (AvgIpc) is 2.95. The molecule has 0 aromatic heterocycles. The van der Waals surface area contributed by atoms with Crippen LogP contribution in [0.25, 0.3) is 0 Å². The zero-order valence-electron chi connectivity index (χ0n) is 13.5. The molecule has 0 saturated carbocycles. The molecule has 0 unspecified atom stereocenters. The Balaban J connectivity index is 1.86. The molecule has 1 amide bonds. The topological polar surface area (TPSA) is 53.9 Å². The lowest BCUT2D eigenvalue weighted by molar-refractivity contribution is -0.112. The van der Waals surface area contributed by atoms with Gasteiger partial charge in [-0.1, -0.05) is 25.5 Å². The number of carbonyl (C=O) groups is 1. The number of rotatable bonds is 5. The second-order valence-corrected chi connectivity index (χ2v) is 6.43. The molecule has 0 spiro atoms. The number of methoxy groups -OCH3 is 1. The number of nitrogens with zero attached hydrogens (tertiary/aromatic N) is 2. The summed E-state index contributed by atoms with van der Waals surface area (Å²) in [5, 5.41) is 3.94. The molecule has 3 rings (SSSR count). The van der Waals surface area contributed by atoms with Gasteiger partial charge in [0.25, 0.3) is 5.91 Å². The lowest BCUT2D eigenvalue weighted by Gasteiger charge is -2.25. The lowest BCUT2D eigenvalue weighted by atomic mass is 10.2. The van der Waals surface area contributed by atoms with Gasteiger partial charge in [-0.25, -0.2) is 0 Å². The summed E-state index contributed by atoms with van der Waals surface area (Å²) in [6.45, 7) is 3.93. The molecule has 1 aromatic rings. The second kappa shape index (κ2) is 7.08. The summed E-state index contributed by atoms with van der Waals surface area (Å²) in [5.74, 6) is 0.580. The van der Waals surface area contributed by atoms with Crippen LogP contribution >= 0.6 is 11.8 Å². The minimum Gasteiger partial charge on any atom is -0.495 e. The monoisotopic (exact) mass is 331 g/mol. The third kappa shape index (κ3) is 3.22. The highest BCUT2D eigenvalue weighted by Crippen LogP contribution is 2.39. The Labute approximate surface area is 140 Å². The fourth-order valence-electron chi connectivity index (χ4n) is 2.78. The van der Waals surface area contributed by atoms with E-state index in [9.17, 15) is 4.79 Å². The Bertz CT molecular complexity index is 670. The van der Waals surface area contributed by atoms with Crippen molar-refractivity contribution in [2.45, 2.75) is 26.2 Å². The first kappa shape index (κ1) is 15.9. The zero-order chi connectivity index (χ0) is 16.2. The first-order valence-electron chi connectivity index (χ1n) is 7.92. The van der Waals surface area contributed by atoms with Crippen molar-refractivity contribution < 1.29 is 9.53 Å². The van der Waals surface area contributed by atoms with Gasteiger partial charge in [0.2, 0.25) is 0 Å². The van der Waals surface area contributed by atoms with Gasteiger partial charge in [-0.05, 0) is 36.7 Å². The van der Waals surface area contributed by atoms with Crippen LogP contribution in [0, 0.1) is 0 Å². The number of allylic oxidation sites excluding steroid dienone is 1. The third-order valence-electron chi connectivity index (χ3n) is 3.85. The number of benzene rings is 1. The van der Waals surface area contributed by atoms with Crippen LogP contribution in [0.2, 0.25) is 0 Å². The first-order valence-corrected chi connectivity index (χ1v) is 8.73. The van der Waals surface area contributed by atoms with Gasteiger partial charge in [0.1, 0.15) is 5.75 Å². The molecule has 23 heavy (non-hydrogen) atoms. The van der Waals surface area contributed by atoms with Crippen molar-refractivity contribution in [3.05, 3.63) is 34.9 Å². The Kier molecular flexibility index (Phi) is 4.91. The van der Waals surface area contributed by atoms with E-state index < -0.39 is 0 Å². The van der Waals surface area contributed by atoms with Crippen LogP contribution in [0.5, 0.6) is 5.75 Å². The predicted octanol–water partition coefficient (Wildman–Crippen LogP) is 3.45. The van der Waals surface area contributed by atoms with Gasteiger partial charge >= 0.3 is 0 Å². The maximum Gasteiger partial charge on any atom is 0.264 e. The van der Waals surface area contributed by atoms with Crippen LogP contribution in [0.3, 0.4) is 0 Å². The molecule has 0 atom stereocenters. The molecule has 122 valence electrons. The summed E-state index contributed by atoms with van der Waals surface area (Å²) in [5.41, 5.74) is 1.79. The number of thioether (sulfide) groups is 1. The van der Waals surface area contributed by atoms with E-state index in [2.05, 4.69) is 22.1 Å². The Morgan fingerprint density at radius 3 is 3.04 bits per heavy atom. The lowest BCUT2D eigenvalue weighted by Crippen LogP contribution is -2.29. The highest BCUT2D eigenvalue weighted by molar-refractivity contribution is 8.18. The van der Waals surface area contributed by atoms with Crippen LogP contribution < -0.4 is 10.1 Å². The molecule has 0 aliphatic carbocycles. The summed E-state index contributed by atoms with van der Waals surface area (Å²) in [6, 6.07) is 7.46. The predicted molar refractivity (Wildman–Crippen MR) is 94.8 cm³/mol. The van der Waals surface area contributed by atoms with Crippen LogP contribution in [0.4, 0.5) is 5.69 Å². The number of ether oxygens (including phenoxy) is 1.